The van der Waals surface area contributed by atoms with E-state index < -0.39 is 35.0 Å². The van der Waals surface area contributed by atoms with Gasteiger partial charge in [0.05, 0.1) is 0 Å². The maximum absolute atomic E-state index is 13.6. The Kier molecular flexibility index (Phi) is 1.63. The normalized spacial score (nSPS) is 29.9. The molecule has 2 unspecified atom stereocenters. The first kappa shape index (κ1) is 9.84. The molecule has 0 fully saturated rings. The molecule has 2 aliphatic heterocycles. The predicted molar refractivity (Wildman–Crippen MR) is 46.6 cm³/mol. The molecule has 84 valence electrons. The largest absolute Gasteiger partial charge is 0.354 e. The van der Waals surface area contributed by atoms with Crippen molar-refractivity contribution < 1.29 is 22.3 Å². The van der Waals surface area contributed by atoms with E-state index in [1.807, 2.05) is 0 Å². The first-order valence-corrected chi connectivity index (χ1v) is 4.69. The second-order valence-corrected chi connectivity index (χ2v) is 4.05. The average molecular weight is 230 g/mol. The molecule has 5 heteroatoms. The van der Waals surface area contributed by atoms with Crippen LogP contribution in [0.1, 0.15) is 24.2 Å². The van der Waals surface area contributed by atoms with Gasteiger partial charge in [-0.25, -0.2) is 17.6 Å². The van der Waals surface area contributed by atoms with Crippen LogP contribution in [0.15, 0.2) is 12.2 Å². The van der Waals surface area contributed by atoms with Crippen molar-refractivity contribution in [1.29, 1.82) is 0 Å². The topological polar surface area (TPSA) is 9.23 Å². The van der Waals surface area contributed by atoms with E-state index in [1.54, 1.807) is 0 Å². The Morgan fingerprint density at radius 2 is 1.69 bits per heavy atom. The molecule has 0 amide bonds. The minimum Gasteiger partial charge on any atom is -0.354 e. The van der Waals surface area contributed by atoms with E-state index >= 15 is 0 Å². The molecule has 2 atom stereocenters. The Labute approximate surface area is 88.3 Å². The summed E-state index contributed by atoms with van der Waals surface area (Å²) >= 11 is 0. The number of ether oxygens (including phenoxy) is 1. The van der Waals surface area contributed by atoms with Crippen molar-refractivity contribution in [1.82, 2.24) is 0 Å². The van der Waals surface area contributed by atoms with E-state index in [1.165, 1.54) is 19.1 Å². The third kappa shape index (κ3) is 0.899. The van der Waals surface area contributed by atoms with Gasteiger partial charge in [0.15, 0.2) is 23.3 Å². The van der Waals surface area contributed by atoms with Crippen LogP contribution in [0.4, 0.5) is 17.6 Å². The molecule has 0 aliphatic carbocycles. The maximum atomic E-state index is 13.6. The van der Waals surface area contributed by atoms with E-state index in [0.29, 0.717) is 0 Å². The Balaban J connectivity index is 2.43. The van der Waals surface area contributed by atoms with Gasteiger partial charge in [-0.15, -0.1) is 0 Å². The number of fused-ring (bicyclic) bond motifs is 5. The molecule has 2 bridgehead atoms. The molecule has 2 aliphatic rings. The lowest BCUT2D eigenvalue weighted by molar-refractivity contribution is 0.00912. The monoisotopic (exact) mass is 230 g/mol. The van der Waals surface area contributed by atoms with Crippen molar-refractivity contribution in [3.63, 3.8) is 0 Å². The van der Waals surface area contributed by atoms with E-state index in [2.05, 4.69) is 0 Å². The fourth-order valence-corrected chi connectivity index (χ4v) is 2.31. The van der Waals surface area contributed by atoms with E-state index in [4.69, 9.17) is 4.74 Å². The first-order chi connectivity index (χ1) is 7.46. The van der Waals surface area contributed by atoms with Crippen molar-refractivity contribution in [2.75, 3.05) is 0 Å². The molecule has 2 heterocycles. The van der Waals surface area contributed by atoms with E-state index in [9.17, 15) is 17.6 Å². The van der Waals surface area contributed by atoms with Crippen LogP contribution in [-0.2, 0) is 10.3 Å². The quantitative estimate of drug-likeness (QED) is 0.288. The summed E-state index contributed by atoms with van der Waals surface area (Å²) < 4.78 is 58.4. The summed E-state index contributed by atoms with van der Waals surface area (Å²) in [5.74, 6) is -6.32. The highest BCUT2D eigenvalue weighted by atomic mass is 19.2. The van der Waals surface area contributed by atoms with E-state index in [0.717, 1.165) is 0 Å². The molecule has 0 saturated carbocycles. The summed E-state index contributed by atoms with van der Waals surface area (Å²) in [5.41, 5.74) is -1.67. The lowest BCUT2D eigenvalue weighted by Gasteiger charge is -2.19. The van der Waals surface area contributed by atoms with Crippen molar-refractivity contribution in [2.24, 2.45) is 0 Å². The molecule has 1 aromatic rings. The standard InChI is InChI=1S/C11H6F4O/c1-11-3-2-4(16-11)5-6(11)8(13)10(15)9(14)7(5)12/h2-4H,1H3. The molecule has 0 spiro atoms. The fraction of sp³-hybridized carbons (Fsp3) is 0.273. The van der Waals surface area contributed by atoms with Crippen LogP contribution in [0, 0.1) is 23.3 Å². The molecule has 1 aromatic carbocycles. The molecule has 0 saturated heterocycles. The summed E-state index contributed by atoms with van der Waals surface area (Å²) in [6.07, 6.45) is 2.19. The van der Waals surface area contributed by atoms with Gasteiger partial charge < -0.3 is 4.74 Å². The van der Waals surface area contributed by atoms with Gasteiger partial charge in [0.1, 0.15) is 11.7 Å². The van der Waals surface area contributed by atoms with Crippen LogP contribution < -0.4 is 0 Å². The summed E-state index contributed by atoms with van der Waals surface area (Å²) in [7, 11) is 0. The van der Waals surface area contributed by atoms with Crippen LogP contribution in [0.3, 0.4) is 0 Å². The Morgan fingerprint density at radius 1 is 1.06 bits per heavy atom. The Hall–Kier alpha value is -1.36. The molecule has 16 heavy (non-hydrogen) atoms. The van der Waals surface area contributed by atoms with Crippen molar-refractivity contribution in [2.45, 2.75) is 18.6 Å². The van der Waals surface area contributed by atoms with Crippen LogP contribution in [0.2, 0.25) is 0 Å². The number of rotatable bonds is 0. The molecular weight excluding hydrogens is 224 g/mol. The molecule has 3 rings (SSSR count). The Morgan fingerprint density at radius 3 is 2.38 bits per heavy atom. The summed E-state index contributed by atoms with van der Waals surface area (Å²) in [6, 6.07) is 0. The minimum absolute atomic E-state index is 0.235. The fourth-order valence-electron chi connectivity index (χ4n) is 2.31. The molecule has 1 nitrogen and oxygen atoms in total. The van der Waals surface area contributed by atoms with Crippen LogP contribution in [-0.4, -0.2) is 0 Å². The van der Waals surface area contributed by atoms with Gasteiger partial charge >= 0.3 is 0 Å². The van der Waals surface area contributed by atoms with Gasteiger partial charge in [-0.05, 0) is 13.0 Å². The second-order valence-electron chi connectivity index (χ2n) is 4.05. The van der Waals surface area contributed by atoms with Gasteiger partial charge in [-0.2, -0.15) is 0 Å². The number of hydrogen-bond acceptors (Lipinski definition) is 1. The smallest absolute Gasteiger partial charge is 0.197 e. The predicted octanol–water partition coefficient (Wildman–Crippen LogP) is 3.10. The van der Waals surface area contributed by atoms with Gasteiger partial charge in [0.2, 0.25) is 0 Å². The zero-order valence-electron chi connectivity index (χ0n) is 8.15. The van der Waals surface area contributed by atoms with Gasteiger partial charge in [-0.3, -0.25) is 0 Å². The average Bonchev–Trinajstić information content (AvgIpc) is 2.76. The zero-order valence-corrected chi connectivity index (χ0v) is 8.15. The molecular formula is C11H6F4O. The Bertz CT molecular complexity index is 538. The highest BCUT2D eigenvalue weighted by molar-refractivity contribution is 5.48. The number of halogens is 4. The third-order valence-corrected chi connectivity index (χ3v) is 3.05. The zero-order chi connectivity index (χ0) is 11.7. The highest BCUT2D eigenvalue weighted by Gasteiger charge is 2.49. The maximum Gasteiger partial charge on any atom is 0.197 e. The molecule has 0 N–H and O–H groups in total. The summed E-state index contributed by atoms with van der Waals surface area (Å²) in [4.78, 5) is 0. The van der Waals surface area contributed by atoms with Gasteiger partial charge in [0.25, 0.3) is 0 Å². The lowest BCUT2D eigenvalue weighted by Crippen LogP contribution is -2.19. The summed E-state index contributed by atoms with van der Waals surface area (Å²) in [5, 5.41) is 0. The van der Waals surface area contributed by atoms with Crippen LogP contribution >= 0.6 is 0 Å². The van der Waals surface area contributed by atoms with Crippen LogP contribution in [0.5, 0.6) is 0 Å². The van der Waals surface area contributed by atoms with Gasteiger partial charge in [-0.1, -0.05) is 6.08 Å². The van der Waals surface area contributed by atoms with Crippen molar-refractivity contribution >= 4 is 0 Å². The molecule has 0 aromatic heterocycles. The highest BCUT2D eigenvalue weighted by Crippen LogP contribution is 2.52. The number of benzene rings is 1. The van der Waals surface area contributed by atoms with Crippen molar-refractivity contribution in [3.8, 4) is 0 Å². The van der Waals surface area contributed by atoms with Gasteiger partial charge in [0, 0.05) is 11.1 Å². The lowest BCUT2D eigenvalue weighted by atomic mass is 9.87. The van der Waals surface area contributed by atoms with Crippen molar-refractivity contribution in [3.05, 3.63) is 46.5 Å². The first-order valence-electron chi connectivity index (χ1n) is 4.69. The molecule has 0 radical (unpaired) electrons. The van der Waals surface area contributed by atoms with Crippen LogP contribution in [0.25, 0.3) is 0 Å². The second kappa shape index (κ2) is 2.66. The SMILES string of the molecule is CC12C=CC(O1)c1c(F)c(F)c(F)c(F)c12. The summed E-state index contributed by atoms with van der Waals surface area (Å²) in [6.45, 7) is 1.48. The number of hydrogen-bond donors (Lipinski definition) is 0. The minimum atomic E-state index is -1.79. The third-order valence-electron chi connectivity index (χ3n) is 3.05. The van der Waals surface area contributed by atoms with E-state index in [-0.39, 0.29) is 11.1 Å².